The van der Waals surface area contributed by atoms with E-state index in [4.69, 9.17) is 15.6 Å². The van der Waals surface area contributed by atoms with Crippen LogP contribution in [0.15, 0.2) is 6.20 Å². The van der Waals surface area contributed by atoms with Gasteiger partial charge in [0.15, 0.2) is 5.82 Å². The van der Waals surface area contributed by atoms with Crippen molar-refractivity contribution in [2.24, 2.45) is 0 Å². The van der Waals surface area contributed by atoms with Crippen molar-refractivity contribution < 1.29 is 14.6 Å². The van der Waals surface area contributed by atoms with E-state index in [0.717, 1.165) is 6.54 Å². The van der Waals surface area contributed by atoms with E-state index in [1.54, 1.807) is 0 Å². The predicted molar refractivity (Wildman–Crippen MR) is 68.8 cm³/mol. The molecule has 1 aliphatic rings. The van der Waals surface area contributed by atoms with Gasteiger partial charge in [0.1, 0.15) is 17.5 Å². The van der Waals surface area contributed by atoms with Gasteiger partial charge < -0.3 is 15.6 Å². The van der Waals surface area contributed by atoms with Gasteiger partial charge in [0, 0.05) is 25.3 Å². The minimum atomic E-state index is -1.13. The molecule has 1 saturated heterocycles. The van der Waals surface area contributed by atoms with Gasteiger partial charge in [-0.15, -0.1) is 0 Å². The van der Waals surface area contributed by atoms with Gasteiger partial charge in [0.2, 0.25) is 0 Å². The molecule has 19 heavy (non-hydrogen) atoms. The van der Waals surface area contributed by atoms with Crippen molar-refractivity contribution in [3.8, 4) is 0 Å². The van der Waals surface area contributed by atoms with Gasteiger partial charge in [-0.3, -0.25) is 4.90 Å². The van der Waals surface area contributed by atoms with Crippen LogP contribution in [0.25, 0.3) is 0 Å². The van der Waals surface area contributed by atoms with Crippen molar-refractivity contribution >= 4 is 11.8 Å². The van der Waals surface area contributed by atoms with Crippen molar-refractivity contribution in [2.45, 2.75) is 26.0 Å². The summed E-state index contributed by atoms with van der Waals surface area (Å²) in [7, 11) is 0. The zero-order valence-electron chi connectivity index (χ0n) is 11.0. The molecule has 7 nitrogen and oxygen atoms in total. The highest BCUT2D eigenvalue weighted by atomic mass is 16.5. The number of rotatable bonds is 3. The van der Waals surface area contributed by atoms with Crippen LogP contribution in [-0.2, 0) is 4.74 Å². The second kappa shape index (κ2) is 5.50. The minimum absolute atomic E-state index is 0.0252. The average molecular weight is 266 g/mol. The Labute approximate surface area is 111 Å². The first-order valence-corrected chi connectivity index (χ1v) is 6.20. The third kappa shape index (κ3) is 2.99. The average Bonchev–Trinajstić information content (AvgIpc) is 2.38. The first kappa shape index (κ1) is 13.7. The Morgan fingerprint density at radius 3 is 2.95 bits per heavy atom. The smallest absolute Gasteiger partial charge is 0.341 e. The second-order valence-corrected chi connectivity index (χ2v) is 4.78. The molecule has 0 amide bonds. The van der Waals surface area contributed by atoms with E-state index in [2.05, 4.69) is 28.7 Å². The Balaban J connectivity index is 2.18. The van der Waals surface area contributed by atoms with E-state index in [1.165, 1.54) is 6.20 Å². The summed E-state index contributed by atoms with van der Waals surface area (Å²) >= 11 is 0. The lowest BCUT2D eigenvalue weighted by atomic mass is 10.2. The van der Waals surface area contributed by atoms with E-state index in [-0.39, 0.29) is 17.5 Å². The summed E-state index contributed by atoms with van der Waals surface area (Å²) in [6.07, 6.45) is 0.971. The number of nitrogens with zero attached hydrogens (tertiary/aromatic N) is 3. The molecule has 0 aliphatic carbocycles. The standard InChI is InChI=1S/C12H18N4O3/c1-7(2)16-3-4-19-9(6-16)11-14-5-8(12(17)18)10(13)15-11/h5,7,9H,3-4,6H2,1-2H3,(H,17,18)(H2,13,14,15). The van der Waals surface area contributed by atoms with Gasteiger partial charge in [0.05, 0.1) is 6.61 Å². The van der Waals surface area contributed by atoms with E-state index < -0.39 is 5.97 Å². The van der Waals surface area contributed by atoms with Gasteiger partial charge in [-0.05, 0) is 13.8 Å². The fraction of sp³-hybridized carbons (Fsp3) is 0.583. The number of nitrogens with two attached hydrogens (primary N) is 1. The summed E-state index contributed by atoms with van der Waals surface area (Å²) < 4.78 is 5.63. The van der Waals surface area contributed by atoms with Crippen LogP contribution in [0, 0.1) is 0 Å². The topological polar surface area (TPSA) is 102 Å². The Morgan fingerprint density at radius 2 is 2.37 bits per heavy atom. The molecule has 1 aliphatic heterocycles. The maximum atomic E-state index is 10.9. The summed E-state index contributed by atoms with van der Waals surface area (Å²) in [6, 6.07) is 0.419. The molecule has 0 saturated carbocycles. The van der Waals surface area contributed by atoms with Gasteiger partial charge in [-0.2, -0.15) is 0 Å². The number of aromatic carboxylic acids is 1. The normalized spacial score (nSPS) is 20.7. The van der Waals surface area contributed by atoms with Crippen molar-refractivity contribution in [3.05, 3.63) is 17.6 Å². The van der Waals surface area contributed by atoms with E-state index in [9.17, 15) is 4.79 Å². The number of hydrogen-bond donors (Lipinski definition) is 2. The first-order valence-electron chi connectivity index (χ1n) is 6.20. The molecule has 3 N–H and O–H groups in total. The van der Waals surface area contributed by atoms with E-state index in [1.807, 2.05) is 0 Å². The number of carbonyl (C=O) groups is 1. The molecule has 104 valence electrons. The number of aromatic nitrogens is 2. The third-order valence-electron chi connectivity index (χ3n) is 3.18. The van der Waals surface area contributed by atoms with E-state index >= 15 is 0 Å². The third-order valence-corrected chi connectivity index (χ3v) is 3.18. The van der Waals surface area contributed by atoms with Crippen LogP contribution in [0.1, 0.15) is 36.1 Å². The molecule has 1 aromatic rings. The number of nitrogen functional groups attached to an aromatic ring is 1. The second-order valence-electron chi connectivity index (χ2n) is 4.78. The van der Waals surface area contributed by atoms with Crippen LogP contribution in [0.5, 0.6) is 0 Å². The molecule has 0 radical (unpaired) electrons. The highest BCUT2D eigenvalue weighted by molar-refractivity contribution is 5.92. The number of carboxylic acids is 1. The number of ether oxygens (including phenoxy) is 1. The molecule has 7 heteroatoms. The molecular formula is C12H18N4O3. The van der Waals surface area contributed by atoms with E-state index in [0.29, 0.717) is 25.0 Å². The summed E-state index contributed by atoms with van der Waals surface area (Å²) in [4.78, 5) is 21.2. The first-order chi connectivity index (χ1) is 8.99. The number of carboxylic acid groups (broad SMARTS) is 1. The monoisotopic (exact) mass is 266 g/mol. The van der Waals surface area contributed by atoms with Crippen molar-refractivity contribution in [1.82, 2.24) is 14.9 Å². The zero-order chi connectivity index (χ0) is 14.0. The quantitative estimate of drug-likeness (QED) is 0.823. The number of anilines is 1. The maximum Gasteiger partial charge on any atom is 0.341 e. The van der Waals surface area contributed by atoms with Crippen LogP contribution in [-0.4, -0.2) is 51.7 Å². The summed E-state index contributed by atoms with van der Waals surface area (Å²) in [5.41, 5.74) is 5.54. The lowest BCUT2D eigenvalue weighted by molar-refractivity contribution is -0.0442. The molecule has 1 unspecified atom stereocenters. The van der Waals surface area contributed by atoms with Crippen molar-refractivity contribution in [3.63, 3.8) is 0 Å². The highest BCUT2D eigenvalue weighted by Gasteiger charge is 2.26. The van der Waals surface area contributed by atoms with Crippen molar-refractivity contribution in [1.29, 1.82) is 0 Å². The summed E-state index contributed by atoms with van der Waals surface area (Å²) in [5.74, 6) is -0.715. The van der Waals surface area contributed by atoms with Gasteiger partial charge in [0.25, 0.3) is 0 Å². The molecule has 1 atom stereocenters. The largest absolute Gasteiger partial charge is 0.477 e. The molecule has 2 rings (SSSR count). The molecule has 0 spiro atoms. The minimum Gasteiger partial charge on any atom is -0.477 e. The molecule has 1 fully saturated rings. The van der Waals surface area contributed by atoms with Crippen LogP contribution >= 0.6 is 0 Å². The van der Waals surface area contributed by atoms with Crippen LogP contribution < -0.4 is 5.73 Å². The van der Waals surface area contributed by atoms with Crippen LogP contribution in [0.3, 0.4) is 0 Å². The maximum absolute atomic E-state index is 10.9. The summed E-state index contributed by atoms with van der Waals surface area (Å²) in [5, 5.41) is 8.88. The highest BCUT2D eigenvalue weighted by Crippen LogP contribution is 2.21. The molecule has 0 aromatic carbocycles. The SMILES string of the molecule is CC(C)N1CCOC(c2ncc(C(=O)O)c(N)n2)C1. The molecule has 2 heterocycles. The van der Waals surface area contributed by atoms with Crippen LogP contribution in [0.4, 0.5) is 5.82 Å². The van der Waals surface area contributed by atoms with Gasteiger partial charge in [-0.1, -0.05) is 0 Å². The zero-order valence-corrected chi connectivity index (χ0v) is 11.0. The number of hydrogen-bond acceptors (Lipinski definition) is 6. The lowest BCUT2D eigenvalue weighted by Gasteiger charge is -2.34. The summed E-state index contributed by atoms with van der Waals surface area (Å²) in [6.45, 7) is 6.39. The fourth-order valence-corrected chi connectivity index (χ4v) is 2.02. The van der Waals surface area contributed by atoms with Gasteiger partial charge in [-0.25, -0.2) is 14.8 Å². The lowest BCUT2D eigenvalue weighted by Crippen LogP contribution is -2.42. The predicted octanol–water partition coefficient (Wildman–Crippen LogP) is 0.539. The fourth-order valence-electron chi connectivity index (χ4n) is 2.02. The van der Waals surface area contributed by atoms with Crippen LogP contribution in [0.2, 0.25) is 0 Å². The number of morpholine rings is 1. The Bertz CT molecular complexity index is 478. The molecule has 1 aromatic heterocycles. The molecule has 0 bridgehead atoms. The Hall–Kier alpha value is -1.73. The Kier molecular flexibility index (Phi) is 3.96. The van der Waals surface area contributed by atoms with Crippen molar-refractivity contribution in [2.75, 3.05) is 25.4 Å². The molecular weight excluding hydrogens is 248 g/mol. The van der Waals surface area contributed by atoms with Gasteiger partial charge >= 0.3 is 5.97 Å². The Morgan fingerprint density at radius 1 is 1.63 bits per heavy atom.